The first-order valence-corrected chi connectivity index (χ1v) is 7.29. The van der Waals surface area contributed by atoms with Crippen molar-refractivity contribution in [1.29, 1.82) is 0 Å². The Morgan fingerprint density at radius 2 is 1.81 bits per heavy atom. The van der Waals surface area contributed by atoms with Gasteiger partial charge in [-0.05, 0) is 37.1 Å². The van der Waals surface area contributed by atoms with Crippen LogP contribution in [0.1, 0.15) is 23.6 Å². The Bertz CT molecular complexity index is 605. The standard InChI is InChI=1S/C18H22N2O/c1-3-20(17-9-7-15(13-19)8-10-17)18(21)12-16-6-4-5-14(2)11-16/h4-11H,3,12-13,19H2,1-2H3. The molecule has 3 heteroatoms. The van der Waals surface area contributed by atoms with Crippen LogP contribution in [0.3, 0.4) is 0 Å². The number of rotatable bonds is 5. The molecule has 1 amide bonds. The topological polar surface area (TPSA) is 46.3 Å². The minimum Gasteiger partial charge on any atom is -0.326 e. The van der Waals surface area contributed by atoms with Gasteiger partial charge in [0.15, 0.2) is 0 Å². The quantitative estimate of drug-likeness (QED) is 0.916. The van der Waals surface area contributed by atoms with Crippen LogP contribution in [0.25, 0.3) is 0 Å². The first kappa shape index (κ1) is 15.3. The summed E-state index contributed by atoms with van der Waals surface area (Å²) in [6.45, 7) is 5.21. The summed E-state index contributed by atoms with van der Waals surface area (Å²) >= 11 is 0. The average Bonchev–Trinajstić information content (AvgIpc) is 2.48. The number of benzene rings is 2. The number of nitrogens with zero attached hydrogens (tertiary/aromatic N) is 1. The fourth-order valence-electron chi connectivity index (χ4n) is 2.41. The van der Waals surface area contributed by atoms with Gasteiger partial charge in [-0.25, -0.2) is 0 Å². The predicted octanol–water partition coefficient (Wildman–Crippen LogP) is 3.05. The van der Waals surface area contributed by atoms with E-state index in [0.717, 1.165) is 16.8 Å². The Kier molecular flexibility index (Phi) is 5.12. The van der Waals surface area contributed by atoms with Crippen molar-refractivity contribution in [2.24, 2.45) is 5.73 Å². The van der Waals surface area contributed by atoms with Gasteiger partial charge >= 0.3 is 0 Å². The number of likely N-dealkylation sites (N-methyl/N-ethyl adjacent to an activating group) is 1. The molecular formula is C18H22N2O. The van der Waals surface area contributed by atoms with Gasteiger partial charge in [0.25, 0.3) is 0 Å². The van der Waals surface area contributed by atoms with Gasteiger partial charge in [-0.2, -0.15) is 0 Å². The van der Waals surface area contributed by atoms with E-state index in [0.29, 0.717) is 19.5 Å². The molecule has 0 radical (unpaired) electrons. The molecule has 0 unspecified atom stereocenters. The van der Waals surface area contributed by atoms with Gasteiger partial charge in [-0.3, -0.25) is 4.79 Å². The van der Waals surface area contributed by atoms with E-state index >= 15 is 0 Å². The number of carbonyl (C=O) groups excluding carboxylic acids is 1. The van der Waals surface area contributed by atoms with Crippen LogP contribution >= 0.6 is 0 Å². The normalized spacial score (nSPS) is 10.4. The highest BCUT2D eigenvalue weighted by Gasteiger charge is 2.14. The highest BCUT2D eigenvalue weighted by molar-refractivity contribution is 5.94. The summed E-state index contributed by atoms with van der Waals surface area (Å²) in [6.07, 6.45) is 0.425. The second kappa shape index (κ2) is 7.04. The summed E-state index contributed by atoms with van der Waals surface area (Å²) in [6, 6.07) is 15.9. The highest BCUT2D eigenvalue weighted by atomic mass is 16.2. The van der Waals surface area contributed by atoms with Crippen LogP contribution in [0.5, 0.6) is 0 Å². The molecule has 0 aliphatic heterocycles. The van der Waals surface area contributed by atoms with Crippen LogP contribution in [-0.2, 0) is 17.8 Å². The van der Waals surface area contributed by atoms with Crippen LogP contribution in [-0.4, -0.2) is 12.5 Å². The zero-order valence-corrected chi connectivity index (χ0v) is 12.7. The Morgan fingerprint density at radius 1 is 1.10 bits per heavy atom. The first-order chi connectivity index (χ1) is 10.1. The van der Waals surface area contributed by atoms with Gasteiger partial charge in [0.2, 0.25) is 5.91 Å². The minimum atomic E-state index is 0.114. The Hall–Kier alpha value is -2.13. The largest absolute Gasteiger partial charge is 0.326 e. The number of nitrogens with two attached hydrogens (primary N) is 1. The van der Waals surface area contributed by atoms with E-state index in [1.54, 1.807) is 0 Å². The number of anilines is 1. The van der Waals surface area contributed by atoms with Crippen LogP contribution in [0.15, 0.2) is 48.5 Å². The maximum atomic E-state index is 12.5. The van der Waals surface area contributed by atoms with Gasteiger partial charge in [0, 0.05) is 18.8 Å². The zero-order chi connectivity index (χ0) is 15.2. The Balaban J connectivity index is 2.14. The molecule has 21 heavy (non-hydrogen) atoms. The molecule has 2 N–H and O–H groups in total. The van der Waals surface area contributed by atoms with Crippen LogP contribution in [0.4, 0.5) is 5.69 Å². The number of hydrogen-bond donors (Lipinski definition) is 1. The van der Waals surface area contributed by atoms with Crippen molar-refractivity contribution in [3.05, 3.63) is 65.2 Å². The lowest BCUT2D eigenvalue weighted by molar-refractivity contribution is -0.117. The summed E-state index contributed by atoms with van der Waals surface area (Å²) in [7, 11) is 0. The van der Waals surface area contributed by atoms with E-state index in [1.807, 2.05) is 61.2 Å². The third-order valence-electron chi connectivity index (χ3n) is 3.54. The van der Waals surface area contributed by atoms with Crippen LogP contribution < -0.4 is 10.6 Å². The van der Waals surface area contributed by atoms with E-state index in [1.165, 1.54) is 5.56 Å². The van der Waals surface area contributed by atoms with Gasteiger partial charge < -0.3 is 10.6 Å². The fourth-order valence-corrected chi connectivity index (χ4v) is 2.41. The third-order valence-corrected chi connectivity index (χ3v) is 3.54. The number of hydrogen-bond acceptors (Lipinski definition) is 2. The maximum Gasteiger partial charge on any atom is 0.231 e. The van der Waals surface area contributed by atoms with E-state index in [4.69, 9.17) is 5.73 Å². The summed E-state index contributed by atoms with van der Waals surface area (Å²) in [5.74, 6) is 0.114. The zero-order valence-electron chi connectivity index (χ0n) is 12.7. The molecule has 0 atom stereocenters. The van der Waals surface area contributed by atoms with Crippen LogP contribution in [0, 0.1) is 6.92 Å². The molecule has 0 aromatic heterocycles. The van der Waals surface area contributed by atoms with Gasteiger partial charge in [0.1, 0.15) is 0 Å². The van der Waals surface area contributed by atoms with Crippen molar-refractivity contribution in [3.8, 4) is 0 Å². The second-order valence-electron chi connectivity index (χ2n) is 5.17. The molecule has 0 aliphatic rings. The molecule has 0 saturated carbocycles. The molecule has 3 nitrogen and oxygen atoms in total. The molecule has 0 aliphatic carbocycles. The molecule has 0 saturated heterocycles. The summed E-state index contributed by atoms with van der Waals surface area (Å²) in [4.78, 5) is 14.3. The summed E-state index contributed by atoms with van der Waals surface area (Å²) in [5, 5.41) is 0. The van der Waals surface area contributed by atoms with Crippen molar-refractivity contribution in [1.82, 2.24) is 0 Å². The molecule has 0 heterocycles. The maximum absolute atomic E-state index is 12.5. The molecule has 2 aromatic carbocycles. The molecule has 0 bridgehead atoms. The molecule has 0 spiro atoms. The predicted molar refractivity (Wildman–Crippen MR) is 87.2 cm³/mol. The molecule has 110 valence electrons. The molecular weight excluding hydrogens is 260 g/mol. The van der Waals surface area contributed by atoms with Gasteiger partial charge in [0.05, 0.1) is 6.42 Å². The van der Waals surface area contributed by atoms with Crippen molar-refractivity contribution in [2.45, 2.75) is 26.8 Å². The third kappa shape index (κ3) is 3.92. The van der Waals surface area contributed by atoms with Crippen LogP contribution in [0.2, 0.25) is 0 Å². The van der Waals surface area contributed by atoms with E-state index in [-0.39, 0.29) is 5.91 Å². The lowest BCUT2D eigenvalue weighted by Gasteiger charge is -2.21. The van der Waals surface area contributed by atoms with Gasteiger partial charge in [-0.1, -0.05) is 42.0 Å². The summed E-state index contributed by atoms with van der Waals surface area (Å²) in [5.41, 5.74) is 9.83. The number of carbonyl (C=O) groups is 1. The lowest BCUT2D eigenvalue weighted by atomic mass is 10.1. The smallest absolute Gasteiger partial charge is 0.231 e. The molecule has 0 fully saturated rings. The highest BCUT2D eigenvalue weighted by Crippen LogP contribution is 2.17. The number of amides is 1. The lowest BCUT2D eigenvalue weighted by Crippen LogP contribution is -2.32. The summed E-state index contributed by atoms with van der Waals surface area (Å²) < 4.78 is 0. The van der Waals surface area contributed by atoms with Crippen molar-refractivity contribution < 1.29 is 4.79 Å². The Morgan fingerprint density at radius 3 is 2.38 bits per heavy atom. The van der Waals surface area contributed by atoms with E-state index in [9.17, 15) is 4.79 Å². The van der Waals surface area contributed by atoms with Gasteiger partial charge in [-0.15, -0.1) is 0 Å². The average molecular weight is 282 g/mol. The second-order valence-corrected chi connectivity index (χ2v) is 5.17. The minimum absolute atomic E-state index is 0.114. The Labute approximate surface area is 126 Å². The number of aryl methyl sites for hydroxylation is 1. The van der Waals surface area contributed by atoms with Crippen molar-refractivity contribution in [2.75, 3.05) is 11.4 Å². The van der Waals surface area contributed by atoms with E-state index < -0.39 is 0 Å². The molecule has 2 aromatic rings. The van der Waals surface area contributed by atoms with E-state index in [2.05, 4.69) is 6.07 Å². The van der Waals surface area contributed by atoms with Crippen molar-refractivity contribution >= 4 is 11.6 Å². The molecule has 2 rings (SSSR count). The van der Waals surface area contributed by atoms with Crippen molar-refractivity contribution in [3.63, 3.8) is 0 Å². The fraction of sp³-hybridized carbons (Fsp3) is 0.278. The SMILES string of the molecule is CCN(C(=O)Cc1cccc(C)c1)c1ccc(CN)cc1. The monoisotopic (exact) mass is 282 g/mol. The first-order valence-electron chi connectivity index (χ1n) is 7.29.